The second-order valence-electron chi connectivity index (χ2n) is 4.04. The molecule has 0 spiro atoms. The Balaban J connectivity index is 2.04. The smallest absolute Gasteiger partial charge is 0.120 e. The Bertz CT molecular complexity index is 538. The van der Waals surface area contributed by atoms with Gasteiger partial charge in [-0.15, -0.1) is 0 Å². The van der Waals surface area contributed by atoms with Gasteiger partial charge >= 0.3 is 0 Å². The molecule has 0 atom stereocenters. The molecule has 0 aliphatic carbocycles. The van der Waals surface area contributed by atoms with Gasteiger partial charge in [-0.2, -0.15) is 0 Å². The van der Waals surface area contributed by atoms with E-state index in [2.05, 4.69) is 19.1 Å². The van der Waals surface area contributed by atoms with E-state index in [1.807, 2.05) is 24.3 Å². The zero-order valence-corrected chi connectivity index (χ0v) is 11.6. The quantitative estimate of drug-likeness (QED) is 0.754. The monoisotopic (exact) mass is 280 g/mol. The fraction of sp³-hybridized carbons (Fsp3) is 0.200. The maximum atomic E-state index is 5.96. The van der Waals surface area contributed by atoms with Gasteiger partial charge in [0.2, 0.25) is 0 Å². The molecule has 0 saturated carbocycles. The Labute approximate surface area is 117 Å². The van der Waals surface area contributed by atoms with Gasteiger partial charge in [0, 0.05) is 0 Å². The van der Waals surface area contributed by atoms with Crippen molar-refractivity contribution in [3.8, 4) is 5.75 Å². The van der Waals surface area contributed by atoms with Crippen molar-refractivity contribution >= 4 is 23.2 Å². The molecular formula is C15H14Cl2O. The number of rotatable bonds is 4. The van der Waals surface area contributed by atoms with Crippen molar-refractivity contribution in [3.63, 3.8) is 0 Å². The van der Waals surface area contributed by atoms with Crippen molar-refractivity contribution < 1.29 is 4.74 Å². The molecule has 3 heteroatoms. The predicted molar refractivity (Wildman–Crippen MR) is 76.6 cm³/mol. The van der Waals surface area contributed by atoms with E-state index >= 15 is 0 Å². The highest BCUT2D eigenvalue weighted by Gasteiger charge is 2.01. The summed E-state index contributed by atoms with van der Waals surface area (Å²) in [7, 11) is 0. The van der Waals surface area contributed by atoms with Crippen LogP contribution in [0.1, 0.15) is 18.1 Å². The first kappa shape index (κ1) is 13.3. The minimum absolute atomic E-state index is 0.490. The SMILES string of the molecule is CCc1cccc(OCc2ccc(Cl)c(Cl)c2)c1. The first-order valence-electron chi connectivity index (χ1n) is 5.84. The molecule has 0 amide bonds. The van der Waals surface area contributed by atoms with E-state index in [0.29, 0.717) is 16.7 Å². The fourth-order valence-corrected chi connectivity index (χ4v) is 1.97. The molecule has 0 unspecified atom stereocenters. The van der Waals surface area contributed by atoms with Crippen molar-refractivity contribution in [1.29, 1.82) is 0 Å². The molecule has 0 saturated heterocycles. The molecule has 18 heavy (non-hydrogen) atoms. The summed E-state index contributed by atoms with van der Waals surface area (Å²) >= 11 is 11.8. The van der Waals surface area contributed by atoms with Gasteiger partial charge in [0.05, 0.1) is 10.0 Å². The molecule has 2 rings (SSSR count). The molecule has 0 aromatic heterocycles. The molecule has 94 valence electrons. The minimum atomic E-state index is 0.490. The average molecular weight is 281 g/mol. The van der Waals surface area contributed by atoms with Gasteiger partial charge < -0.3 is 4.74 Å². The van der Waals surface area contributed by atoms with E-state index in [4.69, 9.17) is 27.9 Å². The normalized spacial score (nSPS) is 10.4. The van der Waals surface area contributed by atoms with Crippen molar-refractivity contribution in [1.82, 2.24) is 0 Å². The van der Waals surface area contributed by atoms with Crippen LogP contribution in [0.2, 0.25) is 10.0 Å². The van der Waals surface area contributed by atoms with E-state index in [1.54, 1.807) is 6.07 Å². The summed E-state index contributed by atoms with van der Waals surface area (Å²) in [6.07, 6.45) is 1.00. The molecule has 0 fully saturated rings. The Morgan fingerprint density at radius 2 is 1.78 bits per heavy atom. The molecule has 0 aliphatic heterocycles. The predicted octanol–water partition coefficient (Wildman–Crippen LogP) is 5.13. The van der Waals surface area contributed by atoms with E-state index in [0.717, 1.165) is 17.7 Å². The maximum Gasteiger partial charge on any atom is 0.120 e. The van der Waals surface area contributed by atoms with Gasteiger partial charge in [-0.1, -0.05) is 48.3 Å². The molecule has 0 aliphatic rings. The number of hydrogen-bond donors (Lipinski definition) is 0. The van der Waals surface area contributed by atoms with Crippen LogP contribution >= 0.6 is 23.2 Å². The largest absolute Gasteiger partial charge is 0.489 e. The van der Waals surface area contributed by atoms with Gasteiger partial charge in [0.15, 0.2) is 0 Å². The van der Waals surface area contributed by atoms with E-state index in [9.17, 15) is 0 Å². The Morgan fingerprint density at radius 1 is 0.944 bits per heavy atom. The summed E-state index contributed by atoms with van der Waals surface area (Å²) in [6, 6.07) is 13.6. The summed E-state index contributed by atoms with van der Waals surface area (Å²) in [6.45, 7) is 2.61. The molecule has 0 bridgehead atoms. The maximum absolute atomic E-state index is 5.96. The molecule has 0 radical (unpaired) electrons. The molecule has 0 heterocycles. The zero-order chi connectivity index (χ0) is 13.0. The van der Waals surface area contributed by atoms with Crippen LogP contribution in [0.5, 0.6) is 5.75 Å². The molecule has 0 N–H and O–H groups in total. The highest BCUT2D eigenvalue weighted by molar-refractivity contribution is 6.42. The molecule has 2 aromatic carbocycles. The summed E-state index contributed by atoms with van der Waals surface area (Å²) in [4.78, 5) is 0. The first-order chi connectivity index (χ1) is 8.69. The van der Waals surface area contributed by atoms with Crippen molar-refractivity contribution in [2.75, 3.05) is 0 Å². The summed E-state index contributed by atoms with van der Waals surface area (Å²) in [5.41, 5.74) is 2.27. The van der Waals surface area contributed by atoms with Crippen molar-refractivity contribution in [3.05, 3.63) is 63.6 Å². The van der Waals surface area contributed by atoms with Crippen LogP contribution in [-0.4, -0.2) is 0 Å². The van der Waals surface area contributed by atoms with Crippen LogP contribution in [0.4, 0.5) is 0 Å². The number of hydrogen-bond acceptors (Lipinski definition) is 1. The van der Waals surface area contributed by atoms with Gasteiger partial charge in [0.1, 0.15) is 12.4 Å². The van der Waals surface area contributed by atoms with Crippen LogP contribution in [-0.2, 0) is 13.0 Å². The number of benzene rings is 2. The van der Waals surface area contributed by atoms with Crippen LogP contribution in [0.3, 0.4) is 0 Å². The van der Waals surface area contributed by atoms with E-state index in [-0.39, 0.29) is 0 Å². The Kier molecular flexibility index (Phi) is 4.51. The third-order valence-corrected chi connectivity index (χ3v) is 3.44. The lowest BCUT2D eigenvalue weighted by atomic mass is 10.2. The lowest BCUT2D eigenvalue weighted by molar-refractivity contribution is 0.306. The minimum Gasteiger partial charge on any atom is -0.489 e. The van der Waals surface area contributed by atoms with Gasteiger partial charge in [0.25, 0.3) is 0 Å². The zero-order valence-electron chi connectivity index (χ0n) is 10.1. The molecule has 1 nitrogen and oxygen atoms in total. The van der Waals surface area contributed by atoms with E-state index in [1.165, 1.54) is 5.56 Å². The van der Waals surface area contributed by atoms with E-state index < -0.39 is 0 Å². The highest BCUT2D eigenvalue weighted by Crippen LogP contribution is 2.23. The Hall–Kier alpha value is -1.18. The first-order valence-corrected chi connectivity index (χ1v) is 6.60. The topological polar surface area (TPSA) is 9.23 Å². The third-order valence-electron chi connectivity index (χ3n) is 2.70. The average Bonchev–Trinajstić information content (AvgIpc) is 2.40. The van der Waals surface area contributed by atoms with Gasteiger partial charge in [-0.05, 0) is 41.8 Å². The standard InChI is InChI=1S/C15H14Cl2O/c1-2-11-4-3-5-13(8-11)18-10-12-6-7-14(16)15(17)9-12/h3-9H,2,10H2,1H3. The lowest BCUT2D eigenvalue weighted by Crippen LogP contribution is -1.96. The van der Waals surface area contributed by atoms with Crippen LogP contribution < -0.4 is 4.74 Å². The van der Waals surface area contributed by atoms with Crippen molar-refractivity contribution in [2.45, 2.75) is 20.0 Å². The Morgan fingerprint density at radius 3 is 2.50 bits per heavy atom. The summed E-state index contributed by atoms with van der Waals surface area (Å²) in [5.74, 6) is 0.875. The lowest BCUT2D eigenvalue weighted by Gasteiger charge is -2.08. The molecule has 2 aromatic rings. The molecular weight excluding hydrogens is 267 g/mol. The van der Waals surface area contributed by atoms with Crippen LogP contribution in [0, 0.1) is 0 Å². The summed E-state index contributed by atoms with van der Waals surface area (Å²) in [5, 5.41) is 1.12. The number of ether oxygens (including phenoxy) is 1. The highest BCUT2D eigenvalue weighted by atomic mass is 35.5. The number of aryl methyl sites for hydroxylation is 1. The summed E-state index contributed by atoms with van der Waals surface area (Å²) < 4.78 is 5.73. The second-order valence-corrected chi connectivity index (χ2v) is 4.85. The van der Waals surface area contributed by atoms with Crippen LogP contribution in [0.15, 0.2) is 42.5 Å². The van der Waals surface area contributed by atoms with Gasteiger partial charge in [-0.3, -0.25) is 0 Å². The van der Waals surface area contributed by atoms with Crippen LogP contribution in [0.25, 0.3) is 0 Å². The van der Waals surface area contributed by atoms with Crippen molar-refractivity contribution in [2.24, 2.45) is 0 Å². The third kappa shape index (κ3) is 3.41. The fourth-order valence-electron chi connectivity index (χ4n) is 1.65. The van der Waals surface area contributed by atoms with Gasteiger partial charge in [-0.25, -0.2) is 0 Å². The second kappa shape index (κ2) is 6.12. The number of halogens is 2.